The lowest BCUT2D eigenvalue weighted by atomic mass is 10.1. The summed E-state index contributed by atoms with van der Waals surface area (Å²) < 4.78 is 0. The van der Waals surface area contributed by atoms with Crippen molar-refractivity contribution in [1.82, 2.24) is 5.32 Å². The Kier molecular flexibility index (Phi) is 5.76. The molecule has 2 aromatic carbocycles. The summed E-state index contributed by atoms with van der Waals surface area (Å²) in [6, 6.07) is 15.3. The summed E-state index contributed by atoms with van der Waals surface area (Å²) in [6.45, 7) is 3.30. The van der Waals surface area contributed by atoms with Crippen LogP contribution in [0.25, 0.3) is 10.8 Å². The number of hydrogen-bond acceptors (Lipinski definition) is 3. The first-order valence-corrected chi connectivity index (χ1v) is 9.99. The second-order valence-electron chi connectivity index (χ2n) is 5.68. The van der Waals surface area contributed by atoms with Gasteiger partial charge in [-0.15, -0.1) is 11.8 Å². The van der Waals surface area contributed by atoms with Crippen LogP contribution in [0.2, 0.25) is 0 Å². The van der Waals surface area contributed by atoms with E-state index in [0.29, 0.717) is 5.25 Å². The van der Waals surface area contributed by atoms with Crippen molar-refractivity contribution >= 4 is 33.9 Å². The van der Waals surface area contributed by atoms with E-state index in [4.69, 9.17) is 0 Å². The normalized spacial score (nSPS) is 12.6. The number of aryl methyl sites for hydroxylation is 1. The van der Waals surface area contributed by atoms with Crippen molar-refractivity contribution in [3.63, 3.8) is 0 Å². The van der Waals surface area contributed by atoms with E-state index in [1.165, 1.54) is 26.8 Å². The average Bonchev–Trinajstić information content (AvgIpc) is 3.07. The molecule has 0 aliphatic rings. The molecule has 0 saturated carbocycles. The van der Waals surface area contributed by atoms with Crippen LogP contribution in [0.1, 0.15) is 29.7 Å². The van der Waals surface area contributed by atoms with Crippen LogP contribution in [0.3, 0.4) is 0 Å². The highest BCUT2D eigenvalue weighted by molar-refractivity contribution is 7.99. The molecule has 1 heterocycles. The van der Waals surface area contributed by atoms with Gasteiger partial charge in [-0.1, -0.05) is 43.3 Å². The molecule has 120 valence electrons. The Morgan fingerprint density at radius 2 is 1.91 bits per heavy atom. The van der Waals surface area contributed by atoms with E-state index in [2.05, 4.69) is 65.5 Å². The molecule has 1 N–H and O–H groups in total. The minimum absolute atomic E-state index is 0.509. The molecule has 0 radical (unpaired) electrons. The highest BCUT2D eigenvalue weighted by Crippen LogP contribution is 2.42. The van der Waals surface area contributed by atoms with Crippen LogP contribution >= 0.6 is 23.1 Å². The zero-order valence-corrected chi connectivity index (χ0v) is 15.3. The van der Waals surface area contributed by atoms with Gasteiger partial charge in [0.1, 0.15) is 0 Å². The maximum Gasteiger partial charge on any atom is 0.0367 e. The van der Waals surface area contributed by atoms with E-state index >= 15 is 0 Å². The van der Waals surface area contributed by atoms with Crippen molar-refractivity contribution in [2.45, 2.75) is 29.9 Å². The Morgan fingerprint density at radius 3 is 2.74 bits per heavy atom. The lowest BCUT2D eigenvalue weighted by Gasteiger charge is -2.18. The molecule has 0 aliphatic heterocycles. The first-order chi connectivity index (χ1) is 11.3. The summed E-state index contributed by atoms with van der Waals surface area (Å²) in [4.78, 5) is 1.39. The van der Waals surface area contributed by atoms with Crippen LogP contribution in [0.4, 0.5) is 0 Å². The number of thiophene rings is 1. The summed E-state index contributed by atoms with van der Waals surface area (Å²) in [5.41, 5.74) is 3.02. The van der Waals surface area contributed by atoms with E-state index in [9.17, 15) is 0 Å². The van der Waals surface area contributed by atoms with Crippen molar-refractivity contribution in [1.29, 1.82) is 0 Å². The second-order valence-corrected chi connectivity index (χ2v) is 7.67. The van der Waals surface area contributed by atoms with Crippen LogP contribution in [0, 0.1) is 0 Å². The first kappa shape index (κ1) is 16.6. The van der Waals surface area contributed by atoms with Crippen molar-refractivity contribution in [2.75, 3.05) is 13.6 Å². The van der Waals surface area contributed by atoms with Crippen molar-refractivity contribution in [2.24, 2.45) is 0 Å². The maximum absolute atomic E-state index is 3.31. The summed E-state index contributed by atoms with van der Waals surface area (Å²) in [5.74, 6) is 0. The van der Waals surface area contributed by atoms with Crippen molar-refractivity contribution in [3.8, 4) is 0 Å². The Balaban J connectivity index is 1.94. The number of benzene rings is 2. The average molecular weight is 342 g/mol. The predicted octanol–water partition coefficient (Wildman–Crippen LogP) is 5.91. The zero-order valence-electron chi connectivity index (χ0n) is 13.7. The molecular weight excluding hydrogens is 318 g/mol. The topological polar surface area (TPSA) is 12.0 Å². The molecule has 0 saturated heterocycles. The fourth-order valence-corrected chi connectivity index (χ4v) is 5.35. The van der Waals surface area contributed by atoms with Gasteiger partial charge in [0.25, 0.3) is 0 Å². The summed E-state index contributed by atoms with van der Waals surface area (Å²) in [7, 11) is 2.04. The van der Waals surface area contributed by atoms with Gasteiger partial charge in [-0.05, 0) is 65.2 Å². The second kappa shape index (κ2) is 8.00. The molecule has 3 heteroatoms. The highest BCUT2D eigenvalue weighted by atomic mass is 32.2. The molecule has 0 spiro atoms. The van der Waals surface area contributed by atoms with Gasteiger partial charge in [-0.2, -0.15) is 11.3 Å². The molecule has 1 atom stereocenters. The van der Waals surface area contributed by atoms with Gasteiger partial charge in [0.15, 0.2) is 0 Å². The fourth-order valence-electron chi connectivity index (χ4n) is 2.91. The van der Waals surface area contributed by atoms with E-state index in [0.717, 1.165) is 19.4 Å². The monoisotopic (exact) mass is 341 g/mol. The summed E-state index contributed by atoms with van der Waals surface area (Å²) in [6.07, 6.45) is 2.26. The van der Waals surface area contributed by atoms with E-state index < -0.39 is 0 Å². The molecule has 0 amide bonds. The van der Waals surface area contributed by atoms with Gasteiger partial charge >= 0.3 is 0 Å². The predicted molar refractivity (Wildman–Crippen MR) is 105 cm³/mol. The van der Waals surface area contributed by atoms with Crippen LogP contribution in [0.15, 0.2) is 58.1 Å². The molecule has 23 heavy (non-hydrogen) atoms. The smallest absolute Gasteiger partial charge is 0.0367 e. The lowest BCUT2D eigenvalue weighted by Crippen LogP contribution is -2.11. The molecule has 0 bridgehead atoms. The molecular formula is C20H23NS2. The van der Waals surface area contributed by atoms with Gasteiger partial charge in [-0.3, -0.25) is 0 Å². The Morgan fingerprint density at radius 1 is 1.09 bits per heavy atom. The van der Waals surface area contributed by atoms with Crippen LogP contribution in [-0.2, 0) is 6.42 Å². The summed E-state index contributed by atoms with van der Waals surface area (Å²) >= 11 is 3.85. The zero-order chi connectivity index (χ0) is 16.1. The maximum atomic E-state index is 3.31. The number of nitrogens with one attached hydrogen (secondary N) is 1. The van der Waals surface area contributed by atoms with Gasteiger partial charge in [-0.25, -0.2) is 0 Å². The third-order valence-corrected chi connectivity index (χ3v) is 6.37. The van der Waals surface area contributed by atoms with E-state index in [-0.39, 0.29) is 0 Å². The van der Waals surface area contributed by atoms with Gasteiger partial charge in [0.2, 0.25) is 0 Å². The Labute approximate surface area is 147 Å². The largest absolute Gasteiger partial charge is 0.320 e. The lowest BCUT2D eigenvalue weighted by molar-refractivity contribution is 0.712. The van der Waals surface area contributed by atoms with E-state index in [1.54, 1.807) is 0 Å². The first-order valence-electron chi connectivity index (χ1n) is 8.17. The SMILES string of the molecule is CCc1cscc1C(CCNC)Sc1cccc2ccccc12. The third kappa shape index (κ3) is 3.79. The molecule has 3 rings (SSSR count). The number of hydrogen-bond donors (Lipinski definition) is 1. The fraction of sp³-hybridized carbons (Fsp3) is 0.300. The minimum Gasteiger partial charge on any atom is -0.320 e. The molecule has 1 nitrogen and oxygen atoms in total. The van der Waals surface area contributed by atoms with E-state index in [1.807, 2.05) is 30.1 Å². The van der Waals surface area contributed by atoms with Crippen LogP contribution in [0.5, 0.6) is 0 Å². The van der Waals surface area contributed by atoms with Gasteiger partial charge in [0, 0.05) is 10.1 Å². The number of fused-ring (bicyclic) bond motifs is 1. The van der Waals surface area contributed by atoms with Crippen LogP contribution in [-0.4, -0.2) is 13.6 Å². The molecule has 1 unspecified atom stereocenters. The summed E-state index contributed by atoms with van der Waals surface area (Å²) in [5, 5.41) is 11.2. The Bertz CT molecular complexity index is 758. The van der Waals surface area contributed by atoms with Crippen molar-refractivity contribution in [3.05, 3.63) is 64.4 Å². The van der Waals surface area contributed by atoms with Crippen LogP contribution < -0.4 is 5.32 Å². The standard InChI is InChI=1S/C20H23NS2/c1-3-15-13-22-14-18(15)20(11-12-21-2)23-19-10-6-8-16-7-4-5-9-17(16)19/h4-10,13-14,20-21H,3,11-12H2,1-2H3. The number of thioether (sulfide) groups is 1. The number of rotatable bonds is 7. The Hall–Kier alpha value is -1.29. The van der Waals surface area contributed by atoms with Gasteiger partial charge < -0.3 is 5.32 Å². The van der Waals surface area contributed by atoms with Gasteiger partial charge in [0.05, 0.1) is 0 Å². The molecule has 3 aromatic rings. The molecule has 1 aromatic heterocycles. The minimum atomic E-state index is 0.509. The quantitative estimate of drug-likeness (QED) is 0.536. The van der Waals surface area contributed by atoms with Crippen molar-refractivity contribution < 1.29 is 0 Å². The molecule has 0 aliphatic carbocycles. The third-order valence-electron chi connectivity index (χ3n) is 4.18. The molecule has 0 fully saturated rings. The highest BCUT2D eigenvalue weighted by Gasteiger charge is 2.18.